The van der Waals surface area contributed by atoms with Gasteiger partial charge in [0, 0.05) is 19.5 Å². The molecule has 0 bridgehead atoms. The number of nitrogens with one attached hydrogen (secondary N) is 1. The number of carboxylic acid groups (broad SMARTS) is 1. The van der Waals surface area contributed by atoms with E-state index < -0.39 is 18.1 Å². The van der Waals surface area contributed by atoms with Gasteiger partial charge in [-0.15, -0.1) is 0 Å². The van der Waals surface area contributed by atoms with Gasteiger partial charge in [0.25, 0.3) is 0 Å². The highest BCUT2D eigenvalue weighted by Gasteiger charge is 2.40. The van der Waals surface area contributed by atoms with Crippen LogP contribution < -0.4 is 5.32 Å². The largest absolute Gasteiger partial charge is 0.480 e. The minimum absolute atomic E-state index is 0.100. The molecule has 4 atom stereocenters. The average molecular weight is 242 g/mol. The zero-order chi connectivity index (χ0) is 12.6. The molecule has 1 aliphatic carbocycles. The Balaban J connectivity index is 1.86. The van der Waals surface area contributed by atoms with E-state index in [1.807, 2.05) is 0 Å². The van der Waals surface area contributed by atoms with Crippen LogP contribution in [0.25, 0.3) is 0 Å². The molecule has 0 aromatic heterocycles. The lowest BCUT2D eigenvalue weighted by Gasteiger charge is -2.21. The molecule has 96 valence electrons. The van der Waals surface area contributed by atoms with Gasteiger partial charge < -0.3 is 20.4 Å². The average Bonchev–Trinajstić information content (AvgIpc) is 2.80. The molecule has 6 nitrogen and oxygen atoms in total. The van der Waals surface area contributed by atoms with Gasteiger partial charge in [0.1, 0.15) is 6.04 Å². The number of aliphatic carboxylic acids is 1. The van der Waals surface area contributed by atoms with Crippen LogP contribution in [-0.2, 0) is 4.79 Å². The number of hydrogen-bond donors (Lipinski definition) is 3. The first-order valence-electron chi connectivity index (χ1n) is 5.94. The van der Waals surface area contributed by atoms with Crippen LogP contribution in [0.1, 0.15) is 19.8 Å². The summed E-state index contributed by atoms with van der Waals surface area (Å²) in [7, 11) is 0. The van der Waals surface area contributed by atoms with Crippen LogP contribution in [0, 0.1) is 11.8 Å². The fourth-order valence-corrected chi connectivity index (χ4v) is 2.28. The van der Waals surface area contributed by atoms with E-state index in [1.165, 1.54) is 4.90 Å². The van der Waals surface area contributed by atoms with Gasteiger partial charge >= 0.3 is 12.0 Å². The van der Waals surface area contributed by atoms with Crippen LogP contribution in [0.4, 0.5) is 4.79 Å². The van der Waals surface area contributed by atoms with E-state index in [9.17, 15) is 14.7 Å². The van der Waals surface area contributed by atoms with E-state index in [0.29, 0.717) is 18.4 Å². The van der Waals surface area contributed by atoms with Crippen LogP contribution in [0.3, 0.4) is 0 Å². The van der Waals surface area contributed by atoms with Gasteiger partial charge in [-0.05, 0) is 18.3 Å². The second-order valence-electron chi connectivity index (χ2n) is 5.06. The zero-order valence-electron chi connectivity index (χ0n) is 9.80. The van der Waals surface area contributed by atoms with E-state index in [1.54, 1.807) is 0 Å². The highest BCUT2D eigenvalue weighted by atomic mass is 16.4. The third kappa shape index (κ3) is 2.69. The molecule has 0 aromatic carbocycles. The van der Waals surface area contributed by atoms with Crippen LogP contribution in [0.15, 0.2) is 0 Å². The number of urea groups is 1. The summed E-state index contributed by atoms with van der Waals surface area (Å²) in [6.07, 6.45) is 0.495. The number of aliphatic hydroxyl groups excluding tert-OH is 1. The summed E-state index contributed by atoms with van der Waals surface area (Å²) >= 11 is 0. The third-order valence-electron chi connectivity index (χ3n) is 3.62. The summed E-state index contributed by atoms with van der Waals surface area (Å²) < 4.78 is 0. The van der Waals surface area contributed by atoms with Crippen molar-refractivity contribution >= 4 is 12.0 Å². The fraction of sp³-hybridized carbons (Fsp3) is 0.818. The molecule has 17 heavy (non-hydrogen) atoms. The summed E-state index contributed by atoms with van der Waals surface area (Å²) in [6.45, 7) is 2.82. The molecule has 6 heteroatoms. The Morgan fingerprint density at radius 3 is 2.59 bits per heavy atom. The van der Waals surface area contributed by atoms with Gasteiger partial charge in [-0.2, -0.15) is 0 Å². The number of β-amino-alcohol motifs (C(OH)–C–C–N with tert-alkyl or cyclic N) is 1. The minimum Gasteiger partial charge on any atom is -0.480 e. The second-order valence-corrected chi connectivity index (χ2v) is 5.06. The van der Waals surface area contributed by atoms with Crippen molar-refractivity contribution in [3.8, 4) is 0 Å². The smallest absolute Gasteiger partial charge is 0.326 e. The summed E-state index contributed by atoms with van der Waals surface area (Å²) in [5.41, 5.74) is 0. The van der Waals surface area contributed by atoms with E-state index in [-0.39, 0.29) is 19.0 Å². The monoisotopic (exact) mass is 242 g/mol. The number of aliphatic hydroxyl groups is 1. The molecule has 2 aliphatic rings. The van der Waals surface area contributed by atoms with Crippen molar-refractivity contribution in [2.75, 3.05) is 13.1 Å². The maximum atomic E-state index is 11.8. The molecular weight excluding hydrogens is 224 g/mol. The number of nitrogens with zero attached hydrogens (tertiary/aromatic N) is 1. The summed E-state index contributed by atoms with van der Waals surface area (Å²) in [5, 5.41) is 21.1. The number of likely N-dealkylation sites (tertiary alicyclic amines) is 1. The molecule has 0 spiro atoms. The SMILES string of the molecule is CC1CC1CNC(=O)N1CC(O)CC1C(=O)O. The van der Waals surface area contributed by atoms with Crippen molar-refractivity contribution in [1.82, 2.24) is 10.2 Å². The molecule has 2 amide bonds. The van der Waals surface area contributed by atoms with E-state index in [2.05, 4.69) is 12.2 Å². The predicted molar refractivity (Wildman–Crippen MR) is 59.4 cm³/mol. The Morgan fingerprint density at radius 1 is 1.41 bits per heavy atom. The molecule has 1 aliphatic heterocycles. The Morgan fingerprint density at radius 2 is 2.06 bits per heavy atom. The molecule has 1 saturated heterocycles. The molecule has 2 rings (SSSR count). The molecular formula is C11H18N2O4. The first kappa shape index (κ1) is 12.2. The summed E-state index contributed by atoms with van der Waals surface area (Å²) in [5.74, 6) is 0.112. The standard InChI is InChI=1S/C11H18N2O4/c1-6-2-7(6)4-12-11(17)13-5-8(14)3-9(13)10(15)16/h6-9,14H,2-5H2,1H3,(H,12,17)(H,15,16). The molecule has 3 N–H and O–H groups in total. The third-order valence-corrected chi connectivity index (χ3v) is 3.62. The van der Waals surface area contributed by atoms with E-state index >= 15 is 0 Å². The highest BCUT2D eigenvalue weighted by molar-refractivity contribution is 5.83. The predicted octanol–water partition coefficient (Wildman–Crippen LogP) is -0.128. The molecule has 0 radical (unpaired) electrons. The van der Waals surface area contributed by atoms with Crippen molar-refractivity contribution < 1.29 is 19.8 Å². The lowest BCUT2D eigenvalue weighted by Crippen LogP contribution is -2.46. The van der Waals surface area contributed by atoms with Crippen LogP contribution >= 0.6 is 0 Å². The van der Waals surface area contributed by atoms with Gasteiger partial charge in [0.15, 0.2) is 0 Å². The van der Waals surface area contributed by atoms with Gasteiger partial charge in [-0.3, -0.25) is 0 Å². The summed E-state index contributed by atoms with van der Waals surface area (Å²) in [6, 6.07) is -1.28. The highest BCUT2D eigenvalue weighted by Crippen LogP contribution is 2.36. The minimum atomic E-state index is -1.06. The number of carbonyl (C=O) groups excluding carboxylic acids is 1. The van der Waals surface area contributed by atoms with Crippen molar-refractivity contribution in [3.63, 3.8) is 0 Å². The van der Waals surface area contributed by atoms with Crippen molar-refractivity contribution in [2.24, 2.45) is 11.8 Å². The maximum absolute atomic E-state index is 11.8. The van der Waals surface area contributed by atoms with Crippen molar-refractivity contribution in [2.45, 2.75) is 31.9 Å². The van der Waals surface area contributed by atoms with E-state index in [4.69, 9.17) is 5.11 Å². The molecule has 4 unspecified atom stereocenters. The Kier molecular flexibility index (Phi) is 3.24. The zero-order valence-corrected chi connectivity index (χ0v) is 9.80. The number of carboxylic acids is 1. The molecule has 0 aromatic rings. The first-order chi connectivity index (χ1) is 7.99. The Bertz CT molecular complexity index is 333. The van der Waals surface area contributed by atoms with Gasteiger partial charge in [-0.25, -0.2) is 9.59 Å². The molecule has 1 heterocycles. The molecule has 2 fully saturated rings. The normalized spacial score (nSPS) is 35.8. The van der Waals surface area contributed by atoms with Crippen LogP contribution in [0.5, 0.6) is 0 Å². The second kappa shape index (κ2) is 4.52. The maximum Gasteiger partial charge on any atom is 0.326 e. The quantitative estimate of drug-likeness (QED) is 0.643. The number of amides is 2. The lowest BCUT2D eigenvalue weighted by atomic mass is 10.2. The number of rotatable bonds is 3. The fourth-order valence-electron chi connectivity index (χ4n) is 2.28. The number of carbonyl (C=O) groups is 2. The number of hydrogen-bond acceptors (Lipinski definition) is 3. The van der Waals surface area contributed by atoms with Crippen molar-refractivity contribution in [3.05, 3.63) is 0 Å². The molecule has 1 saturated carbocycles. The Hall–Kier alpha value is -1.30. The summed E-state index contributed by atoms with van der Waals surface area (Å²) in [4.78, 5) is 23.9. The van der Waals surface area contributed by atoms with Crippen LogP contribution in [0.2, 0.25) is 0 Å². The lowest BCUT2D eigenvalue weighted by molar-refractivity contribution is -0.141. The first-order valence-corrected chi connectivity index (χ1v) is 5.94. The van der Waals surface area contributed by atoms with Crippen molar-refractivity contribution in [1.29, 1.82) is 0 Å². The van der Waals surface area contributed by atoms with Gasteiger partial charge in [0.2, 0.25) is 0 Å². The topological polar surface area (TPSA) is 89.9 Å². The van der Waals surface area contributed by atoms with Crippen LogP contribution in [-0.4, -0.2) is 52.3 Å². The van der Waals surface area contributed by atoms with Gasteiger partial charge in [-0.1, -0.05) is 6.92 Å². The van der Waals surface area contributed by atoms with E-state index in [0.717, 1.165) is 6.42 Å². The van der Waals surface area contributed by atoms with Gasteiger partial charge in [0.05, 0.1) is 6.10 Å². The Labute approximate surface area is 99.6 Å².